The van der Waals surface area contributed by atoms with Crippen LogP contribution in [0.1, 0.15) is 40.0 Å². The Balaban J connectivity index is 2.16. The summed E-state index contributed by atoms with van der Waals surface area (Å²) in [5.41, 5.74) is 0.274. The first-order chi connectivity index (χ1) is 7.55. The van der Waals surface area contributed by atoms with Crippen LogP contribution in [0.2, 0.25) is 0 Å². The predicted molar refractivity (Wildman–Crippen MR) is 68.8 cm³/mol. The molecule has 1 aliphatic heterocycles. The molecule has 0 spiro atoms. The van der Waals surface area contributed by atoms with Crippen molar-refractivity contribution in [1.82, 2.24) is 10.2 Å². The molecule has 1 saturated heterocycles. The van der Waals surface area contributed by atoms with Crippen LogP contribution < -0.4 is 5.32 Å². The summed E-state index contributed by atoms with van der Waals surface area (Å²) in [5, 5.41) is 3.61. The zero-order valence-electron chi connectivity index (χ0n) is 11.4. The summed E-state index contributed by atoms with van der Waals surface area (Å²) in [6, 6.07) is 0.722. The van der Waals surface area contributed by atoms with Crippen LogP contribution in [0.15, 0.2) is 0 Å². The van der Waals surface area contributed by atoms with Gasteiger partial charge in [0, 0.05) is 37.9 Å². The van der Waals surface area contributed by atoms with Crippen LogP contribution in [0.4, 0.5) is 0 Å². The van der Waals surface area contributed by atoms with E-state index in [-0.39, 0.29) is 5.54 Å². The second kappa shape index (κ2) is 6.58. The predicted octanol–water partition coefficient (Wildman–Crippen LogP) is 1.88. The summed E-state index contributed by atoms with van der Waals surface area (Å²) < 4.78 is 5.38. The molecule has 0 amide bonds. The Morgan fingerprint density at radius 1 is 1.31 bits per heavy atom. The summed E-state index contributed by atoms with van der Waals surface area (Å²) in [7, 11) is 2.23. The van der Waals surface area contributed by atoms with Gasteiger partial charge >= 0.3 is 0 Å². The lowest BCUT2D eigenvalue weighted by molar-refractivity contribution is 0.0428. The van der Waals surface area contributed by atoms with Crippen LogP contribution in [0.25, 0.3) is 0 Å². The molecule has 0 saturated carbocycles. The van der Waals surface area contributed by atoms with Gasteiger partial charge in [-0.25, -0.2) is 0 Å². The van der Waals surface area contributed by atoms with E-state index in [1.54, 1.807) is 0 Å². The van der Waals surface area contributed by atoms with Gasteiger partial charge in [0.1, 0.15) is 0 Å². The van der Waals surface area contributed by atoms with Gasteiger partial charge in [0.2, 0.25) is 0 Å². The lowest BCUT2D eigenvalue weighted by Crippen LogP contribution is -2.45. The highest BCUT2D eigenvalue weighted by Crippen LogP contribution is 2.12. The van der Waals surface area contributed by atoms with E-state index in [0.717, 1.165) is 32.3 Å². The smallest absolute Gasteiger partial charge is 0.0480 e. The van der Waals surface area contributed by atoms with Crippen LogP contribution >= 0.6 is 0 Å². The molecule has 3 heteroatoms. The zero-order valence-corrected chi connectivity index (χ0v) is 11.4. The highest BCUT2D eigenvalue weighted by atomic mass is 16.5. The Bertz CT molecular complexity index is 188. The molecule has 1 N–H and O–H groups in total. The molecule has 96 valence electrons. The summed E-state index contributed by atoms with van der Waals surface area (Å²) in [4.78, 5) is 2.47. The highest BCUT2D eigenvalue weighted by Gasteiger charge is 2.19. The molecule has 0 aliphatic carbocycles. The molecule has 3 nitrogen and oxygen atoms in total. The van der Waals surface area contributed by atoms with Crippen molar-refractivity contribution >= 4 is 0 Å². The molecule has 0 aromatic rings. The maximum absolute atomic E-state index is 5.38. The van der Waals surface area contributed by atoms with Crippen molar-refractivity contribution in [2.24, 2.45) is 0 Å². The van der Waals surface area contributed by atoms with Crippen LogP contribution in [0.3, 0.4) is 0 Å². The van der Waals surface area contributed by atoms with Gasteiger partial charge in [-0.15, -0.1) is 0 Å². The fourth-order valence-corrected chi connectivity index (χ4v) is 2.00. The second-order valence-corrected chi connectivity index (χ2v) is 5.49. The number of hydrogen-bond acceptors (Lipinski definition) is 3. The summed E-state index contributed by atoms with van der Waals surface area (Å²) in [6.45, 7) is 10.8. The average molecular weight is 228 g/mol. The first-order valence-corrected chi connectivity index (χ1v) is 6.58. The second-order valence-electron chi connectivity index (χ2n) is 5.49. The molecule has 1 heterocycles. The van der Waals surface area contributed by atoms with Gasteiger partial charge in [-0.3, -0.25) is 0 Å². The van der Waals surface area contributed by atoms with Crippen molar-refractivity contribution in [2.75, 3.05) is 33.4 Å². The van der Waals surface area contributed by atoms with Crippen molar-refractivity contribution in [3.8, 4) is 0 Å². The molecule has 16 heavy (non-hydrogen) atoms. The molecule has 1 aliphatic rings. The van der Waals surface area contributed by atoms with E-state index in [2.05, 4.69) is 38.0 Å². The Morgan fingerprint density at radius 3 is 2.50 bits per heavy atom. The van der Waals surface area contributed by atoms with E-state index < -0.39 is 0 Å². The topological polar surface area (TPSA) is 24.5 Å². The van der Waals surface area contributed by atoms with Crippen LogP contribution in [-0.4, -0.2) is 49.8 Å². The molecule has 0 radical (unpaired) electrons. The standard InChI is InChI=1S/C13H28N2O/c1-5-13(2,3)14-8-9-15(4)12-6-10-16-11-7-12/h12,14H,5-11H2,1-4H3. The number of nitrogens with one attached hydrogen (secondary N) is 1. The quantitative estimate of drug-likeness (QED) is 0.751. The number of ether oxygens (including phenoxy) is 1. The molecule has 1 fully saturated rings. The third-order valence-electron chi connectivity index (χ3n) is 3.77. The van der Waals surface area contributed by atoms with Crippen LogP contribution in [0, 0.1) is 0 Å². The van der Waals surface area contributed by atoms with Crippen molar-refractivity contribution in [2.45, 2.75) is 51.6 Å². The third-order valence-corrected chi connectivity index (χ3v) is 3.77. The first kappa shape index (κ1) is 13.9. The molecule has 0 aromatic heterocycles. The van der Waals surface area contributed by atoms with E-state index in [1.807, 2.05) is 0 Å². The van der Waals surface area contributed by atoms with Crippen molar-refractivity contribution in [1.29, 1.82) is 0 Å². The molecule has 0 atom stereocenters. The lowest BCUT2D eigenvalue weighted by Gasteiger charge is -2.32. The minimum absolute atomic E-state index is 0.274. The van der Waals surface area contributed by atoms with E-state index in [4.69, 9.17) is 4.74 Å². The highest BCUT2D eigenvalue weighted by molar-refractivity contribution is 4.77. The molecule has 0 unspecified atom stereocenters. The van der Waals surface area contributed by atoms with Gasteiger partial charge < -0.3 is 15.0 Å². The van der Waals surface area contributed by atoms with E-state index in [9.17, 15) is 0 Å². The fourth-order valence-electron chi connectivity index (χ4n) is 2.00. The monoisotopic (exact) mass is 228 g/mol. The summed E-state index contributed by atoms with van der Waals surface area (Å²) >= 11 is 0. The SMILES string of the molecule is CCC(C)(C)NCCN(C)C1CCOCC1. The summed E-state index contributed by atoms with van der Waals surface area (Å²) in [6.07, 6.45) is 3.55. The number of likely N-dealkylation sites (N-methyl/N-ethyl adjacent to an activating group) is 1. The molecule has 0 aromatic carbocycles. The van der Waals surface area contributed by atoms with E-state index in [1.165, 1.54) is 19.3 Å². The number of hydrogen-bond donors (Lipinski definition) is 1. The van der Waals surface area contributed by atoms with Crippen LogP contribution in [-0.2, 0) is 4.74 Å². The van der Waals surface area contributed by atoms with Crippen molar-refractivity contribution in [3.05, 3.63) is 0 Å². The van der Waals surface area contributed by atoms with Gasteiger partial charge in [0.05, 0.1) is 0 Å². The molecule has 0 bridgehead atoms. The van der Waals surface area contributed by atoms with Gasteiger partial charge in [0.25, 0.3) is 0 Å². The maximum Gasteiger partial charge on any atom is 0.0480 e. The van der Waals surface area contributed by atoms with Gasteiger partial charge in [-0.2, -0.15) is 0 Å². The normalized spacial score (nSPS) is 19.3. The lowest BCUT2D eigenvalue weighted by atomic mass is 10.0. The Morgan fingerprint density at radius 2 is 1.94 bits per heavy atom. The van der Waals surface area contributed by atoms with Crippen molar-refractivity contribution < 1.29 is 4.74 Å². The summed E-state index contributed by atoms with van der Waals surface area (Å²) in [5.74, 6) is 0. The van der Waals surface area contributed by atoms with Gasteiger partial charge in [0.15, 0.2) is 0 Å². The Kier molecular flexibility index (Phi) is 5.73. The zero-order chi connectivity index (χ0) is 12.0. The van der Waals surface area contributed by atoms with Crippen LogP contribution in [0.5, 0.6) is 0 Å². The largest absolute Gasteiger partial charge is 0.381 e. The Labute approximate surface area is 101 Å². The average Bonchev–Trinajstić information content (AvgIpc) is 2.30. The number of nitrogens with zero attached hydrogens (tertiary/aromatic N) is 1. The minimum atomic E-state index is 0.274. The molecular formula is C13H28N2O. The minimum Gasteiger partial charge on any atom is -0.381 e. The fraction of sp³-hybridized carbons (Fsp3) is 1.00. The Hall–Kier alpha value is -0.120. The number of rotatable bonds is 6. The van der Waals surface area contributed by atoms with Gasteiger partial charge in [-0.05, 0) is 40.2 Å². The van der Waals surface area contributed by atoms with Crippen molar-refractivity contribution in [3.63, 3.8) is 0 Å². The van der Waals surface area contributed by atoms with E-state index in [0.29, 0.717) is 0 Å². The third kappa shape index (κ3) is 4.81. The first-order valence-electron chi connectivity index (χ1n) is 6.58. The van der Waals surface area contributed by atoms with Gasteiger partial charge in [-0.1, -0.05) is 6.92 Å². The molecular weight excluding hydrogens is 200 g/mol. The molecule has 1 rings (SSSR count). The maximum atomic E-state index is 5.38. The van der Waals surface area contributed by atoms with E-state index >= 15 is 0 Å².